The number of anilines is 1. The molecule has 0 spiro atoms. The lowest BCUT2D eigenvalue weighted by atomic mass is 10.2. The Morgan fingerprint density at radius 3 is 3.00 bits per heavy atom. The van der Waals surface area contributed by atoms with Crippen LogP contribution in [0, 0.1) is 0 Å². The van der Waals surface area contributed by atoms with Crippen molar-refractivity contribution in [2.45, 2.75) is 6.54 Å². The fourth-order valence-corrected chi connectivity index (χ4v) is 1.82. The number of hydrogen-bond acceptors (Lipinski definition) is 3. The Kier molecular flexibility index (Phi) is 2.46. The third-order valence-electron chi connectivity index (χ3n) is 2.69. The van der Waals surface area contributed by atoms with Crippen LogP contribution in [0.4, 0.5) is 5.69 Å². The molecule has 17 heavy (non-hydrogen) atoms. The van der Waals surface area contributed by atoms with Crippen molar-refractivity contribution in [3.05, 3.63) is 54.5 Å². The quantitative estimate of drug-likeness (QED) is 0.719. The molecule has 0 saturated carbocycles. The molecule has 0 unspecified atom stereocenters. The fraction of sp³-hybridized carbons (Fsp3) is 0.0769. The molecule has 0 aliphatic heterocycles. The van der Waals surface area contributed by atoms with Crippen LogP contribution in [0.2, 0.25) is 0 Å². The average Bonchev–Trinajstić information content (AvgIpc) is 2.86. The van der Waals surface area contributed by atoms with Gasteiger partial charge in [-0.15, -0.1) is 0 Å². The van der Waals surface area contributed by atoms with Crippen molar-refractivity contribution in [3.63, 3.8) is 0 Å². The van der Waals surface area contributed by atoms with E-state index >= 15 is 0 Å². The van der Waals surface area contributed by atoms with Crippen molar-refractivity contribution in [1.29, 1.82) is 0 Å². The highest BCUT2D eigenvalue weighted by molar-refractivity contribution is 5.90. The van der Waals surface area contributed by atoms with Gasteiger partial charge in [0.15, 0.2) is 0 Å². The molecule has 84 valence electrons. The molecular formula is C13H12N4. The highest BCUT2D eigenvalue weighted by Crippen LogP contribution is 2.21. The van der Waals surface area contributed by atoms with Crippen molar-refractivity contribution in [2.75, 3.05) is 5.32 Å². The molecule has 0 radical (unpaired) electrons. The highest BCUT2D eigenvalue weighted by atomic mass is 15.1. The van der Waals surface area contributed by atoms with Crippen LogP contribution in [0.15, 0.2) is 48.9 Å². The molecule has 1 aromatic carbocycles. The largest absolute Gasteiger partial charge is 0.380 e. The first-order chi connectivity index (χ1) is 8.43. The highest BCUT2D eigenvalue weighted by Gasteiger charge is 2.01. The Morgan fingerprint density at radius 1 is 1.12 bits per heavy atom. The topological polar surface area (TPSA) is 53.6 Å². The van der Waals surface area contributed by atoms with Crippen LogP contribution in [-0.4, -0.2) is 15.2 Å². The standard InChI is InChI=1S/C13H12N4/c1-4-12(11-9-16-17-13(11)5-1)15-8-10-3-2-6-14-7-10/h1-7,9,15H,8H2,(H,16,17). The Labute approximate surface area is 98.7 Å². The number of pyridine rings is 1. The fourth-order valence-electron chi connectivity index (χ4n) is 1.82. The summed E-state index contributed by atoms with van der Waals surface area (Å²) in [5, 5.41) is 11.5. The van der Waals surface area contributed by atoms with E-state index in [4.69, 9.17) is 0 Å². The van der Waals surface area contributed by atoms with Crippen LogP contribution in [0.5, 0.6) is 0 Å². The SMILES string of the molecule is c1cncc(CNc2cccc3[nH]ncc23)c1. The van der Waals surface area contributed by atoms with Gasteiger partial charge in [0.05, 0.1) is 11.7 Å². The summed E-state index contributed by atoms with van der Waals surface area (Å²) >= 11 is 0. The van der Waals surface area contributed by atoms with E-state index in [1.165, 1.54) is 0 Å². The summed E-state index contributed by atoms with van der Waals surface area (Å²) in [5.41, 5.74) is 3.29. The van der Waals surface area contributed by atoms with E-state index in [-0.39, 0.29) is 0 Å². The lowest BCUT2D eigenvalue weighted by Crippen LogP contribution is -1.99. The second-order valence-electron chi connectivity index (χ2n) is 3.85. The summed E-state index contributed by atoms with van der Waals surface area (Å²) in [4.78, 5) is 4.09. The summed E-state index contributed by atoms with van der Waals surface area (Å²) in [6.07, 6.45) is 5.48. The third-order valence-corrected chi connectivity index (χ3v) is 2.69. The van der Waals surface area contributed by atoms with Crippen LogP contribution in [-0.2, 0) is 6.54 Å². The van der Waals surface area contributed by atoms with Crippen molar-refractivity contribution >= 4 is 16.6 Å². The molecular weight excluding hydrogens is 212 g/mol. The van der Waals surface area contributed by atoms with Crippen molar-refractivity contribution in [3.8, 4) is 0 Å². The second kappa shape index (κ2) is 4.25. The molecule has 0 fully saturated rings. The van der Waals surface area contributed by atoms with E-state index in [1.807, 2.05) is 36.7 Å². The van der Waals surface area contributed by atoms with Gasteiger partial charge in [-0.3, -0.25) is 10.1 Å². The van der Waals surface area contributed by atoms with Crippen molar-refractivity contribution < 1.29 is 0 Å². The summed E-state index contributed by atoms with van der Waals surface area (Å²) in [6, 6.07) is 10.1. The number of aromatic amines is 1. The third kappa shape index (κ3) is 1.97. The molecule has 2 heterocycles. The summed E-state index contributed by atoms with van der Waals surface area (Å²) in [5.74, 6) is 0. The van der Waals surface area contributed by atoms with Crippen molar-refractivity contribution in [1.82, 2.24) is 15.2 Å². The van der Waals surface area contributed by atoms with Gasteiger partial charge in [0.25, 0.3) is 0 Å². The Morgan fingerprint density at radius 2 is 2.12 bits per heavy atom. The lowest BCUT2D eigenvalue weighted by molar-refractivity contribution is 1.12. The van der Waals surface area contributed by atoms with Gasteiger partial charge in [-0.2, -0.15) is 5.10 Å². The van der Waals surface area contributed by atoms with Crippen LogP contribution in [0.3, 0.4) is 0 Å². The number of nitrogens with one attached hydrogen (secondary N) is 2. The molecule has 0 atom stereocenters. The molecule has 0 bridgehead atoms. The van der Waals surface area contributed by atoms with Gasteiger partial charge in [0, 0.05) is 30.0 Å². The van der Waals surface area contributed by atoms with E-state index in [1.54, 1.807) is 6.20 Å². The van der Waals surface area contributed by atoms with E-state index in [0.29, 0.717) is 0 Å². The zero-order valence-electron chi connectivity index (χ0n) is 9.22. The molecule has 0 amide bonds. The zero-order valence-corrected chi connectivity index (χ0v) is 9.22. The number of H-pyrrole nitrogens is 1. The minimum absolute atomic E-state index is 0.762. The smallest absolute Gasteiger partial charge is 0.0671 e. The van der Waals surface area contributed by atoms with Gasteiger partial charge in [0.1, 0.15) is 0 Å². The van der Waals surface area contributed by atoms with Gasteiger partial charge in [-0.1, -0.05) is 12.1 Å². The van der Waals surface area contributed by atoms with E-state index < -0.39 is 0 Å². The Hall–Kier alpha value is -2.36. The molecule has 2 N–H and O–H groups in total. The van der Waals surface area contributed by atoms with Gasteiger partial charge in [-0.25, -0.2) is 0 Å². The van der Waals surface area contributed by atoms with Gasteiger partial charge < -0.3 is 5.32 Å². The van der Waals surface area contributed by atoms with Crippen LogP contribution >= 0.6 is 0 Å². The van der Waals surface area contributed by atoms with Crippen LogP contribution in [0.1, 0.15) is 5.56 Å². The number of fused-ring (bicyclic) bond motifs is 1. The normalized spacial score (nSPS) is 10.6. The summed E-state index contributed by atoms with van der Waals surface area (Å²) in [7, 11) is 0. The van der Waals surface area contributed by atoms with Crippen LogP contribution in [0.25, 0.3) is 10.9 Å². The Balaban J connectivity index is 1.84. The second-order valence-corrected chi connectivity index (χ2v) is 3.85. The first-order valence-electron chi connectivity index (χ1n) is 5.48. The summed E-state index contributed by atoms with van der Waals surface area (Å²) < 4.78 is 0. The van der Waals surface area contributed by atoms with Crippen LogP contribution < -0.4 is 5.32 Å². The molecule has 4 nitrogen and oxygen atoms in total. The van der Waals surface area contributed by atoms with Gasteiger partial charge >= 0.3 is 0 Å². The number of hydrogen-bond donors (Lipinski definition) is 2. The number of rotatable bonds is 3. The average molecular weight is 224 g/mol. The predicted molar refractivity (Wildman–Crippen MR) is 67.7 cm³/mol. The molecule has 0 aliphatic rings. The minimum atomic E-state index is 0.762. The van der Waals surface area contributed by atoms with Gasteiger partial charge in [0.2, 0.25) is 0 Å². The van der Waals surface area contributed by atoms with E-state index in [2.05, 4.69) is 26.6 Å². The first kappa shape index (κ1) is 9.84. The maximum atomic E-state index is 4.09. The predicted octanol–water partition coefficient (Wildman–Crippen LogP) is 2.57. The monoisotopic (exact) mass is 224 g/mol. The van der Waals surface area contributed by atoms with E-state index in [0.717, 1.165) is 28.7 Å². The lowest BCUT2D eigenvalue weighted by Gasteiger charge is -2.06. The number of aromatic nitrogens is 3. The molecule has 3 rings (SSSR count). The first-order valence-corrected chi connectivity index (χ1v) is 5.48. The molecule has 4 heteroatoms. The van der Waals surface area contributed by atoms with Gasteiger partial charge in [-0.05, 0) is 23.8 Å². The molecule has 0 aliphatic carbocycles. The van der Waals surface area contributed by atoms with E-state index in [9.17, 15) is 0 Å². The summed E-state index contributed by atoms with van der Waals surface area (Å²) in [6.45, 7) is 0.762. The Bertz CT molecular complexity index is 615. The molecule has 3 aromatic rings. The molecule has 2 aromatic heterocycles. The number of benzene rings is 1. The number of nitrogens with zero attached hydrogens (tertiary/aromatic N) is 2. The molecule has 0 saturated heterocycles. The van der Waals surface area contributed by atoms with Crippen molar-refractivity contribution in [2.24, 2.45) is 0 Å². The minimum Gasteiger partial charge on any atom is -0.380 e. The maximum absolute atomic E-state index is 4.09. The maximum Gasteiger partial charge on any atom is 0.0671 e. The zero-order chi connectivity index (χ0) is 11.5.